The van der Waals surface area contributed by atoms with Gasteiger partial charge in [-0.2, -0.15) is 14.0 Å². The van der Waals surface area contributed by atoms with Crippen molar-refractivity contribution in [3.63, 3.8) is 0 Å². The molecule has 0 unspecified atom stereocenters. The van der Waals surface area contributed by atoms with Gasteiger partial charge in [-0.15, -0.1) is 0 Å². The van der Waals surface area contributed by atoms with E-state index in [0.29, 0.717) is 18.6 Å². The number of hydrogen-bond acceptors (Lipinski definition) is 3. The molecule has 8 heteroatoms. The molecule has 3 nitrogen and oxygen atoms in total. The van der Waals surface area contributed by atoms with E-state index in [0.717, 1.165) is 68.2 Å². The van der Waals surface area contributed by atoms with Crippen molar-refractivity contribution in [2.45, 2.75) is 57.8 Å². The second-order valence-electron chi connectivity index (χ2n) is 8.99. The molecule has 0 N–H and O–H groups in total. The zero-order chi connectivity index (χ0) is 27.3. The number of hydrogen-bond donors (Lipinski definition) is 0. The van der Waals surface area contributed by atoms with Gasteiger partial charge in [0.25, 0.3) is 0 Å². The van der Waals surface area contributed by atoms with Crippen LogP contribution in [-0.2, 0) is 0 Å². The zero-order valence-corrected chi connectivity index (χ0v) is 21.1. The normalized spacial score (nSPS) is 10.8. The van der Waals surface area contributed by atoms with Gasteiger partial charge in [0.05, 0.1) is 24.8 Å². The van der Waals surface area contributed by atoms with Crippen LogP contribution < -0.4 is 9.47 Å². The van der Waals surface area contributed by atoms with Gasteiger partial charge in [0.2, 0.25) is 29.1 Å². The van der Waals surface area contributed by atoms with Crippen LogP contribution in [0.15, 0.2) is 48.5 Å². The quantitative estimate of drug-likeness (QED) is 0.0851. The summed E-state index contributed by atoms with van der Waals surface area (Å²) in [6.07, 6.45) is 8.41. The minimum Gasteiger partial charge on any atom is -0.494 e. The molecule has 0 atom stereocenters. The van der Waals surface area contributed by atoms with Crippen molar-refractivity contribution in [2.75, 3.05) is 13.2 Å². The van der Waals surface area contributed by atoms with Crippen molar-refractivity contribution in [2.24, 2.45) is 0 Å². The molecule has 0 bridgehead atoms. The van der Waals surface area contributed by atoms with Gasteiger partial charge in [0.1, 0.15) is 5.75 Å². The molecule has 0 aliphatic rings. The number of rotatable bonds is 15. The van der Waals surface area contributed by atoms with Crippen molar-refractivity contribution in [1.82, 2.24) is 0 Å². The molecule has 0 fully saturated rings. The number of nitrogens with zero attached hydrogens (tertiary/aromatic N) is 1. The van der Waals surface area contributed by atoms with Gasteiger partial charge >= 0.3 is 0 Å². The molecule has 0 aliphatic carbocycles. The van der Waals surface area contributed by atoms with E-state index < -0.39 is 34.8 Å². The third kappa shape index (κ3) is 8.20. The average molecular weight is 532 g/mol. The molecular weight excluding hydrogens is 501 g/mol. The van der Waals surface area contributed by atoms with Gasteiger partial charge < -0.3 is 9.47 Å². The molecule has 0 aromatic heterocycles. The lowest BCUT2D eigenvalue weighted by atomic mass is 10.0. The highest BCUT2D eigenvalue weighted by Crippen LogP contribution is 2.29. The summed E-state index contributed by atoms with van der Waals surface area (Å²) in [6.45, 7) is 0.537. The van der Waals surface area contributed by atoms with Crippen LogP contribution in [0.4, 0.5) is 22.0 Å². The summed E-state index contributed by atoms with van der Waals surface area (Å²) in [4.78, 5) is 0. The molecule has 3 rings (SSSR count). The minimum absolute atomic E-state index is 0.115. The predicted molar refractivity (Wildman–Crippen MR) is 135 cm³/mol. The number of halogens is 5. The Bertz CT molecular complexity index is 1180. The Kier molecular flexibility index (Phi) is 11.4. The maximum Gasteiger partial charge on any atom is 0.206 e. The largest absolute Gasteiger partial charge is 0.494 e. The lowest BCUT2D eigenvalue weighted by Crippen LogP contribution is -2.08. The van der Waals surface area contributed by atoms with Crippen LogP contribution in [0.3, 0.4) is 0 Å². The number of unbranched alkanes of at least 4 members (excludes halogenated alkanes) is 8. The number of nitriles is 1. The van der Waals surface area contributed by atoms with Crippen molar-refractivity contribution in [3.05, 3.63) is 83.2 Å². The molecular formula is C30H30F5NO2. The molecule has 0 radical (unpaired) electrons. The van der Waals surface area contributed by atoms with Gasteiger partial charge in [0.15, 0.2) is 5.75 Å². The molecule has 3 aromatic rings. The Morgan fingerprint density at radius 1 is 0.500 bits per heavy atom. The zero-order valence-electron chi connectivity index (χ0n) is 21.1. The Morgan fingerprint density at radius 3 is 1.37 bits per heavy atom. The summed E-state index contributed by atoms with van der Waals surface area (Å²) in [7, 11) is 0. The van der Waals surface area contributed by atoms with E-state index in [2.05, 4.69) is 6.07 Å². The van der Waals surface area contributed by atoms with E-state index in [1.54, 1.807) is 12.1 Å². The average Bonchev–Trinajstić information content (AvgIpc) is 2.95. The highest BCUT2D eigenvalue weighted by atomic mass is 19.2. The first-order valence-electron chi connectivity index (χ1n) is 12.8. The van der Waals surface area contributed by atoms with Crippen LogP contribution in [0.2, 0.25) is 0 Å². The Morgan fingerprint density at radius 2 is 0.895 bits per heavy atom. The van der Waals surface area contributed by atoms with Crippen LogP contribution in [0.1, 0.15) is 63.4 Å². The van der Waals surface area contributed by atoms with Crippen molar-refractivity contribution in [3.8, 4) is 28.7 Å². The summed E-state index contributed by atoms with van der Waals surface area (Å²) in [5, 5.41) is 8.90. The van der Waals surface area contributed by atoms with Crippen LogP contribution >= 0.6 is 0 Å². The van der Waals surface area contributed by atoms with E-state index in [9.17, 15) is 22.0 Å². The lowest BCUT2D eigenvalue weighted by molar-refractivity contribution is 0.255. The summed E-state index contributed by atoms with van der Waals surface area (Å²) >= 11 is 0. The fraction of sp³-hybridized carbons (Fsp3) is 0.367. The summed E-state index contributed by atoms with van der Waals surface area (Å²) in [6, 6.07) is 17.5. The molecule has 202 valence electrons. The summed E-state index contributed by atoms with van der Waals surface area (Å²) in [5.74, 6) is -10.5. The molecule has 0 saturated heterocycles. The highest BCUT2D eigenvalue weighted by Gasteiger charge is 2.26. The van der Waals surface area contributed by atoms with Gasteiger partial charge in [-0.05, 0) is 48.2 Å². The topological polar surface area (TPSA) is 42.2 Å². The van der Waals surface area contributed by atoms with E-state index >= 15 is 0 Å². The number of ether oxygens (including phenoxy) is 2. The maximum absolute atomic E-state index is 13.5. The first kappa shape index (κ1) is 29.0. The lowest BCUT2D eigenvalue weighted by Gasteiger charge is -2.10. The third-order valence-corrected chi connectivity index (χ3v) is 6.17. The summed E-state index contributed by atoms with van der Waals surface area (Å²) in [5.41, 5.74) is 2.75. The fourth-order valence-electron chi connectivity index (χ4n) is 4.00. The Balaban J connectivity index is 1.19. The minimum atomic E-state index is -2.19. The van der Waals surface area contributed by atoms with Crippen molar-refractivity contribution >= 4 is 0 Å². The molecule has 0 spiro atoms. The second kappa shape index (κ2) is 15.0. The standard InChI is InChI=1S/C30H30F5NO2/c31-25-26(32)28(34)30(29(35)27(25)33)38-19-9-7-5-3-1-2-4-6-8-18-37-24-16-14-23(15-17-24)22-12-10-21(20-36)11-13-22/h10-17H,1-9,18-19H2. The van der Waals surface area contributed by atoms with Crippen LogP contribution in [0, 0.1) is 40.4 Å². The Hall–Kier alpha value is -3.60. The van der Waals surface area contributed by atoms with Gasteiger partial charge in [-0.25, -0.2) is 13.2 Å². The summed E-state index contributed by atoms with van der Waals surface area (Å²) < 4.78 is 77.1. The first-order chi connectivity index (χ1) is 18.4. The van der Waals surface area contributed by atoms with E-state index in [4.69, 9.17) is 14.7 Å². The number of benzene rings is 3. The third-order valence-electron chi connectivity index (χ3n) is 6.17. The Labute approximate surface area is 219 Å². The van der Waals surface area contributed by atoms with E-state index in [1.807, 2.05) is 36.4 Å². The molecule has 0 heterocycles. The van der Waals surface area contributed by atoms with Gasteiger partial charge in [-0.1, -0.05) is 69.2 Å². The highest BCUT2D eigenvalue weighted by molar-refractivity contribution is 5.64. The monoisotopic (exact) mass is 531 g/mol. The van der Waals surface area contributed by atoms with Crippen LogP contribution in [0.25, 0.3) is 11.1 Å². The molecule has 38 heavy (non-hydrogen) atoms. The SMILES string of the molecule is N#Cc1ccc(-c2ccc(OCCCCCCCCCCCOc3c(F)c(F)c(F)c(F)c3F)cc2)cc1. The molecule has 3 aromatic carbocycles. The van der Waals surface area contributed by atoms with Crippen LogP contribution in [-0.4, -0.2) is 13.2 Å². The van der Waals surface area contributed by atoms with E-state index in [1.165, 1.54) is 0 Å². The van der Waals surface area contributed by atoms with Gasteiger partial charge in [-0.3, -0.25) is 0 Å². The smallest absolute Gasteiger partial charge is 0.206 e. The van der Waals surface area contributed by atoms with Crippen molar-refractivity contribution < 1.29 is 31.4 Å². The van der Waals surface area contributed by atoms with E-state index in [-0.39, 0.29) is 6.61 Å². The molecule has 0 aliphatic heterocycles. The maximum atomic E-state index is 13.5. The molecule has 0 amide bonds. The van der Waals surface area contributed by atoms with Gasteiger partial charge in [0, 0.05) is 0 Å². The van der Waals surface area contributed by atoms with Crippen molar-refractivity contribution in [1.29, 1.82) is 5.26 Å². The second-order valence-corrected chi connectivity index (χ2v) is 8.99. The predicted octanol–water partition coefficient (Wildman–Crippen LogP) is 8.89. The first-order valence-corrected chi connectivity index (χ1v) is 12.8. The fourth-order valence-corrected chi connectivity index (χ4v) is 4.00. The molecule has 0 saturated carbocycles. The van der Waals surface area contributed by atoms with Crippen LogP contribution in [0.5, 0.6) is 11.5 Å².